The molecule has 0 radical (unpaired) electrons. The second-order valence-electron chi connectivity index (χ2n) is 7.10. The van der Waals surface area contributed by atoms with Crippen molar-refractivity contribution in [1.29, 1.82) is 5.26 Å². The molecule has 32 heavy (non-hydrogen) atoms. The van der Waals surface area contributed by atoms with Gasteiger partial charge in [0.15, 0.2) is 5.65 Å². The summed E-state index contributed by atoms with van der Waals surface area (Å²) >= 11 is 1.37. The highest BCUT2D eigenvalue weighted by molar-refractivity contribution is 7.12. The number of carbonyl (C=O) groups excluding carboxylic acids is 1. The highest BCUT2D eigenvalue weighted by atomic mass is 32.1. The van der Waals surface area contributed by atoms with Crippen LogP contribution in [0.2, 0.25) is 0 Å². The Labute approximate surface area is 187 Å². The van der Waals surface area contributed by atoms with Crippen molar-refractivity contribution in [3.8, 4) is 28.3 Å². The number of fused-ring (bicyclic) bond motifs is 1. The lowest BCUT2D eigenvalue weighted by Crippen LogP contribution is -2.09. The second-order valence-corrected chi connectivity index (χ2v) is 8.01. The number of pyridine rings is 1. The van der Waals surface area contributed by atoms with Crippen LogP contribution in [0.5, 0.6) is 0 Å². The number of nitrogens with one attached hydrogen (secondary N) is 1. The third-order valence-corrected chi connectivity index (χ3v) is 5.91. The van der Waals surface area contributed by atoms with Crippen molar-refractivity contribution in [3.63, 3.8) is 0 Å². The molecule has 7 nitrogen and oxygen atoms in total. The van der Waals surface area contributed by atoms with Gasteiger partial charge in [0, 0.05) is 47.2 Å². The summed E-state index contributed by atoms with van der Waals surface area (Å²) in [6.45, 7) is 0. The van der Waals surface area contributed by atoms with Crippen molar-refractivity contribution in [2.45, 2.75) is 6.42 Å². The molecule has 5 aromatic rings. The first-order valence-corrected chi connectivity index (χ1v) is 10.7. The SMILES string of the molecule is N#CCc1ccc(NC(=O)c2cc(-c3cnn4cc(-c5cccnc5)cnc34)cs2)cc1. The van der Waals surface area contributed by atoms with E-state index in [0.717, 1.165) is 33.5 Å². The van der Waals surface area contributed by atoms with Gasteiger partial charge in [-0.1, -0.05) is 18.2 Å². The van der Waals surface area contributed by atoms with Gasteiger partial charge in [0.2, 0.25) is 0 Å². The number of benzene rings is 1. The van der Waals surface area contributed by atoms with Gasteiger partial charge in [0.1, 0.15) is 0 Å². The Hall–Kier alpha value is -4.35. The minimum Gasteiger partial charge on any atom is -0.321 e. The minimum atomic E-state index is -0.183. The number of nitriles is 1. The van der Waals surface area contributed by atoms with E-state index < -0.39 is 0 Å². The maximum atomic E-state index is 12.7. The first kappa shape index (κ1) is 19.6. The van der Waals surface area contributed by atoms with E-state index in [0.29, 0.717) is 17.0 Å². The van der Waals surface area contributed by atoms with E-state index in [-0.39, 0.29) is 5.91 Å². The van der Waals surface area contributed by atoms with Crippen LogP contribution in [0, 0.1) is 11.3 Å². The molecule has 0 aliphatic carbocycles. The molecule has 4 aromatic heterocycles. The summed E-state index contributed by atoms with van der Waals surface area (Å²) in [6, 6.07) is 15.1. The zero-order valence-electron chi connectivity index (χ0n) is 16.8. The average Bonchev–Trinajstić information content (AvgIpc) is 3.48. The van der Waals surface area contributed by atoms with Crippen LogP contribution in [-0.4, -0.2) is 25.5 Å². The molecule has 0 aliphatic heterocycles. The molecule has 0 spiro atoms. The number of nitrogens with zero attached hydrogens (tertiary/aromatic N) is 5. The molecule has 0 saturated carbocycles. The number of thiophene rings is 1. The summed E-state index contributed by atoms with van der Waals surface area (Å²) in [5, 5.41) is 18.0. The molecule has 154 valence electrons. The van der Waals surface area contributed by atoms with Gasteiger partial charge in [-0.25, -0.2) is 9.50 Å². The van der Waals surface area contributed by atoms with Gasteiger partial charge in [-0.2, -0.15) is 10.4 Å². The van der Waals surface area contributed by atoms with E-state index in [1.807, 2.05) is 41.9 Å². The lowest BCUT2D eigenvalue weighted by atomic mass is 10.1. The van der Waals surface area contributed by atoms with Crippen LogP contribution >= 0.6 is 11.3 Å². The van der Waals surface area contributed by atoms with Crippen LogP contribution in [0.3, 0.4) is 0 Å². The Morgan fingerprint density at radius 3 is 2.75 bits per heavy atom. The van der Waals surface area contributed by atoms with Crippen molar-refractivity contribution in [2.24, 2.45) is 0 Å². The van der Waals surface area contributed by atoms with Crippen LogP contribution in [0.15, 0.2) is 78.8 Å². The Morgan fingerprint density at radius 2 is 1.97 bits per heavy atom. The second kappa shape index (κ2) is 8.41. The molecule has 1 amide bonds. The first-order chi connectivity index (χ1) is 15.7. The van der Waals surface area contributed by atoms with Crippen LogP contribution in [-0.2, 0) is 6.42 Å². The summed E-state index contributed by atoms with van der Waals surface area (Å²) in [5.74, 6) is -0.183. The van der Waals surface area contributed by atoms with E-state index in [4.69, 9.17) is 5.26 Å². The number of rotatable bonds is 5. The third-order valence-electron chi connectivity index (χ3n) is 4.98. The standard InChI is InChI=1S/C24H16N6OS/c25-8-7-16-3-5-20(6-4-16)29-24(31)22-10-18(15-32-22)21-13-28-30-14-19(12-27-23(21)30)17-2-1-9-26-11-17/h1-6,9-15H,7H2,(H,29,31). The van der Waals surface area contributed by atoms with Crippen LogP contribution in [0.4, 0.5) is 5.69 Å². The Morgan fingerprint density at radius 1 is 1.09 bits per heavy atom. The van der Waals surface area contributed by atoms with E-state index in [9.17, 15) is 4.79 Å². The van der Waals surface area contributed by atoms with Gasteiger partial charge < -0.3 is 5.32 Å². The van der Waals surface area contributed by atoms with Crippen molar-refractivity contribution >= 4 is 28.6 Å². The van der Waals surface area contributed by atoms with Crippen molar-refractivity contribution in [3.05, 3.63) is 89.3 Å². The van der Waals surface area contributed by atoms with Gasteiger partial charge in [-0.05, 0) is 40.8 Å². The molecule has 5 rings (SSSR count). The monoisotopic (exact) mass is 436 g/mol. The quantitative estimate of drug-likeness (QED) is 0.425. The zero-order chi connectivity index (χ0) is 21.9. The Kier molecular flexibility index (Phi) is 5.15. The summed E-state index contributed by atoms with van der Waals surface area (Å²) in [4.78, 5) is 22.0. The molecule has 8 heteroatoms. The number of carbonyl (C=O) groups is 1. The first-order valence-electron chi connectivity index (χ1n) is 9.81. The molecule has 0 saturated heterocycles. The maximum absolute atomic E-state index is 12.7. The molecule has 4 heterocycles. The normalized spacial score (nSPS) is 10.7. The number of amides is 1. The summed E-state index contributed by atoms with van der Waals surface area (Å²) in [6.07, 6.45) is 9.34. The van der Waals surface area contributed by atoms with Gasteiger partial charge in [-0.3, -0.25) is 9.78 Å². The predicted molar refractivity (Wildman–Crippen MR) is 123 cm³/mol. The zero-order valence-corrected chi connectivity index (χ0v) is 17.6. The minimum absolute atomic E-state index is 0.183. The van der Waals surface area contributed by atoms with Crippen LogP contribution in [0.1, 0.15) is 15.2 Å². The number of anilines is 1. The lowest BCUT2D eigenvalue weighted by molar-refractivity contribution is 0.103. The van der Waals surface area contributed by atoms with Crippen molar-refractivity contribution in [1.82, 2.24) is 19.6 Å². The summed E-state index contributed by atoms with van der Waals surface area (Å²) < 4.78 is 1.73. The maximum Gasteiger partial charge on any atom is 0.265 e. The average molecular weight is 437 g/mol. The third kappa shape index (κ3) is 3.85. The molecule has 0 aliphatic rings. The van der Waals surface area contributed by atoms with Gasteiger partial charge in [0.25, 0.3) is 5.91 Å². The molecule has 1 aromatic carbocycles. The fourth-order valence-electron chi connectivity index (χ4n) is 3.35. The number of hydrogen-bond acceptors (Lipinski definition) is 6. The smallest absolute Gasteiger partial charge is 0.265 e. The summed E-state index contributed by atoms with van der Waals surface area (Å²) in [5.41, 5.74) is 5.96. The van der Waals surface area contributed by atoms with E-state index in [2.05, 4.69) is 26.5 Å². The van der Waals surface area contributed by atoms with Crippen molar-refractivity contribution < 1.29 is 4.79 Å². The molecule has 0 unspecified atom stereocenters. The Bertz CT molecular complexity index is 1450. The highest BCUT2D eigenvalue weighted by Crippen LogP contribution is 2.29. The predicted octanol–water partition coefficient (Wildman–Crippen LogP) is 4.84. The molecular formula is C24H16N6OS. The topological polar surface area (TPSA) is 96.0 Å². The molecular weight excluding hydrogens is 420 g/mol. The van der Waals surface area contributed by atoms with Crippen molar-refractivity contribution in [2.75, 3.05) is 5.32 Å². The molecule has 0 bridgehead atoms. The number of aromatic nitrogens is 4. The molecule has 1 N–H and O–H groups in total. The molecule has 0 atom stereocenters. The fraction of sp³-hybridized carbons (Fsp3) is 0.0417. The molecule has 0 fully saturated rings. The van der Waals surface area contributed by atoms with Gasteiger partial charge >= 0.3 is 0 Å². The van der Waals surface area contributed by atoms with Gasteiger partial charge in [0.05, 0.1) is 23.6 Å². The summed E-state index contributed by atoms with van der Waals surface area (Å²) in [7, 11) is 0. The van der Waals surface area contributed by atoms with Crippen LogP contribution < -0.4 is 5.32 Å². The van der Waals surface area contributed by atoms with Gasteiger partial charge in [-0.15, -0.1) is 11.3 Å². The highest BCUT2D eigenvalue weighted by Gasteiger charge is 2.15. The number of hydrogen-bond donors (Lipinski definition) is 1. The lowest BCUT2D eigenvalue weighted by Gasteiger charge is -2.04. The largest absolute Gasteiger partial charge is 0.321 e. The van der Waals surface area contributed by atoms with E-state index in [1.54, 1.807) is 41.4 Å². The fourth-order valence-corrected chi connectivity index (χ4v) is 4.15. The van der Waals surface area contributed by atoms with Crippen LogP contribution in [0.25, 0.3) is 27.9 Å². The van der Waals surface area contributed by atoms with E-state index in [1.165, 1.54) is 11.3 Å². The Balaban J connectivity index is 1.37. The van der Waals surface area contributed by atoms with E-state index >= 15 is 0 Å².